The predicted molar refractivity (Wildman–Crippen MR) is 74.9 cm³/mol. The number of methoxy groups -OCH3 is 1. The van der Waals surface area contributed by atoms with Crippen LogP contribution in [0.3, 0.4) is 0 Å². The molecular weight excluding hydrogens is 243 g/mol. The zero-order valence-corrected chi connectivity index (χ0v) is 11.5. The quantitative estimate of drug-likeness (QED) is 0.805. The van der Waals surface area contributed by atoms with E-state index in [0.29, 0.717) is 22.9 Å². The van der Waals surface area contributed by atoms with E-state index < -0.39 is 7.12 Å². The summed E-state index contributed by atoms with van der Waals surface area (Å²) in [5.74, 6) is 1.79. The Kier molecular flexibility index (Phi) is 4.72. The van der Waals surface area contributed by atoms with Gasteiger partial charge in [-0.05, 0) is 43.4 Å². The van der Waals surface area contributed by atoms with E-state index >= 15 is 0 Å². The zero-order chi connectivity index (χ0) is 13.8. The van der Waals surface area contributed by atoms with Gasteiger partial charge in [0.05, 0.1) is 13.2 Å². The van der Waals surface area contributed by atoms with Crippen molar-refractivity contribution in [3.05, 3.63) is 18.2 Å². The first kappa shape index (κ1) is 14.2. The van der Waals surface area contributed by atoms with E-state index in [1.807, 2.05) is 0 Å². The molecule has 2 N–H and O–H groups in total. The van der Waals surface area contributed by atoms with Gasteiger partial charge in [0.1, 0.15) is 11.5 Å². The fraction of sp³-hybridized carbons (Fsp3) is 0.571. The topological polar surface area (TPSA) is 58.9 Å². The standard InChI is InChI=1S/C14H21BO4/c1-10-4-3-5-12(8-10)19-14-7-6-11(18-2)9-13(14)15(16)17/h6-7,9-10,12,16-17H,3-5,8H2,1-2H3. The first-order chi connectivity index (χ1) is 9.10. The normalized spacial score (nSPS) is 22.9. The molecule has 0 heterocycles. The molecule has 0 radical (unpaired) electrons. The summed E-state index contributed by atoms with van der Waals surface area (Å²) in [6.45, 7) is 2.23. The molecule has 104 valence electrons. The van der Waals surface area contributed by atoms with Crippen LogP contribution in [-0.2, 0) is 0 Å². The molecule has 0 aromatic heterocycles. The zero-order valence-electron chi connectivity index (χ0n) is 11.5. The van der Waals surface area contributed by atoms with Crippen molar-refractivity contribution in [1.29, 1.82) is 0 Å². The fourth-order valence-electron chi connectivity index (χ4n) is 2.63. The molecule has 19 heavy (non-hydrogen) atoms. The van der Waals surface area contributed by atoms with Crippen molar-refractivity contribution in [1.82, 2.24) is 0 Å². The number of hydrogen-bond acceptors (Lipinski definition) is 4. The average molecular weight is 264 g/mol. The first-order valence-electron chi connectivity index (χ1n) is 6.81. The monoisotopic (exact) mass is 264 g/mol. The molecule has 1 fully saturated rings. The van der Waals surface area contributed by atoms with E-state index in [-0.39, 0.29) is 6.10 Å². The molecule has 4 nitrogen and oxygen atoms in total. The van der Waals surface area contributed by atoms with Crippen LogP contribution in [0.1, 0.15) is 32.6 Å². The van der Waals surface area contributed by atoms with Crippen LogP contribution >= 0.6 is 0 Å². The summed E-state index contributed by atoms with van der Waals surface area (Å²) >= 11 is 0. The minimum atomic E-state index is -1.55. The van der Waals surface area contributed by atoms with Gasteiger partial charge in [-0.3, -0.25) is 0 Å². The highest BCUT2D eigenvalue weighted by molar-refractivity contribution is 6.59. The lowest BCUT2D eigenvalue weighted by Gasteiger charge is -2.28. The van der Waals surface area contributed by atoms with Crippen molar-refractivity contribution < 1.29 is 19.5 Å². The van der Waals surface area contributed by atoms with E-state index in [1.54, 1.807) is 25.3 Å². The van der Waals surface area contributed by atoms with Gasteiger partial charge in [0.2, 0.25) is 0 Å². The van der Waals surface area contributed by atoms with Crippen molar-refractivity contribution >= 4 is 12.6 Å². The summed E-state index contributed by atoms with van der Waals surface area (Å²) in [6.07, 6.45) is 4.62. The van der Waals surface area contributed by atoms with Crippen molar-refractivity contribution in [2.45, 2.75) is 38.7 Å². The van der Waals surface area contributed by atoms with Crippen LogP contribution in [0, 0.1) is 5.92 Å². The predicted octanol–water partition coefficient (Wildman–Crippen LogP) is 1.33. The van der Waals surface area contributed by atoms with Crippen LogP contribution in [0.15, 0.2) is 18.2 Å². The maximum Gasteiger partial charge on any atom is 0.492 e. The summed E-state index contributed by atoms with van der Waals surface area (Å²) in [7, 11) is -0.00206. The van der Waals surface area contributed by atoms with Crippen LogP contribution in [0.5, 0.6) is 11.5 Å². The second kappa shape index (κ2) is 6.30. The van der Waals surface area contributed by atoms with Crippen molar-refractivity contribution in [3.63, 3.8) is 0 Å². The van der Waals surface area contributed by atoms with Gasteiger partial charge in [0.15, 0.2) is 0 Å². The molecule has 0 saturated heterocycles. The summed E-state index contributed by atoms with van der Waals surface area (Å²) in [6, 6.07) is 5.12. The highest BCUT2D eigenvalue weighted by atomic mass is 16.5. The highest BCUT2D eigenvalue weighted by Gasteiger charge is 2.24. The summed E-state index contributed by atoms with van der Waals surface area (Å²) in [5, 5.41) is 18.9. The van der Waals surface area contributed by atoms with Crippen LogP contribution in [0.2, 0.25) is 0 Å². The molecule has 1 aliphatic carbocycles. The average Bonchev–Trinajstić information content (AvgIpc) is 2.39. The molecule has 2 unspecified atom stereocenters. The van der Waals surface area contributed by atoms with Gasteiger partial charge >= 0.3 is 7.12 Å². The van der Waals surface area contributed by atoms with E-state index in [4.69, 9.17) is 9.47 Å². The van der Waals surface area contributed by atoms with Crippen molar-refractivity contribution in [2.24, 2.45) is 5.92 Å². The van der Waals surface area contributed by atoms with E-state index in [0.717, 1.165) is 12.8 Å². The maximum atomic E-state index is 9.43. The largest absolute Gasteiger partial charge is 0.497 e. The third-order valence-electron chi connectivity index (χ3n) is 3.68. The second-order valence-electron chi connectivity index (χ2n) is 5.29. The highest BCUT2D eigenvalue weighted by Crippen LogP contribution is 2.27. The van der Waals surface area contributed by atoms with Gasteiger partial charge < -0.3 is 19.5 Å². The molecule has 1 aromatic rings. The fourth-order valence-corrected chi connectivity index (χ4v) is 2.63. The third kappa shape index (κ3) is 3.64. The number of hydrogen-bond donors (Lipinski definition) is 2. The number of rotatable bonds is 4. The molecule has 0 amide bonds. The lowest BCUT2D eigenvalue weighted by Crippen LogP contribution is -2.34. The van der Waals surface area contributed by atoms with Crippen LogP contribution < -0.4 is 14.9 Å². The first-order valence-corrected chi connectivity index (χ1v) is 6.81. The Bertz CT molecular complexity index is 422. The summed E-state index contributed by atoms with van der Waals surface area (Å²) in [4.78, 5) is 0. The molecule has 1 saturated carbocycles. The van der Waals surface area contributed by atoms with Gasteiger partial charge in [0.25, 0.3) is 0 Å². The molecule has 2 atom stereocenters. The second-order valence-corrected chi connectivity index (χ2v) is 5.29. The van der Waals surface area contributed by atoms with Gasteiger partial charge in [0, 0.05) is 5.46 Å². The minimum Gasteiger partial charge on any atom is -0.497 e. The van der Waals surface area contributed by atoms with Crippen LogP contribution in [0.4, 0.5) is 0 Å². The van der Waals surface area contributed by atoms with E-state index in [2.05, 4.69) is 6.92 Å². The Morgan fingerprint density at radius 3 is 2.68 bits per heavy atom. The van der Waals surface area contributed by atoms with Gasteiger partial charge in [-0.25, -0.2) is 0 Å². The molecule has 0 aliphatic heterocycles. The molecule has 0 bridgehead atoms. The Labute approximate surface area is 114 Å². The van der Waals surface area contributed by atoms with E-state index in [9.17, 15) is 10.0 Å². The minimum absolute atomic E-state index is 0.162. The van der Waals surface area contributed by atoms with Crippen molar-refractivity contribution in [3.8, 4) is 11.5 Å². The third-order valence-corrected chi connectivity index (χ3v) is 3.68. The number of benzene rings is 1. The number of ether oxygens (including phenoxy) is 2. The van der Waals surface area contributed by atoms with Crippen LogP contribution in [0.25, 0.3) is 0 Å². The van der Waals surface area contributed by atoms with Gasteiger partial charge in [-0.15, -0.1) is 0 Å². The molecular formula is C14H21BO4. The van der Waals surface area contributed by atoms with Gasteiger partial charge in [-0.2, -0.15) is 0 Å². The van der Waals surface area contributed by atoms with Crippen LogP contribution in [-0.4, -0.2) is 30.4 Å². The Balaban J connectivity index is 2.14. The SMILES string of the molecule is COc1ccc(OC2CCCC(C)C2)c(B(O)O)c1. The van der Waals surface area contributed by atoms with E-state index in [1.165, 1.54) is 12.8 Å². The summed E-state index contributed by atoms with van der Waals surface area (Å²) < 4.78 is 11.0. The lowest BCUT2D eigenvalue weighted by molar-refractivity contribution is 0.130. The Morgan fingerprint density at radius 1 is 1.26 bits per heavy atom. The molecule has 1 aromatic carbocycles. The summed E-state index contributed by atoms with van der Waals surface area (Å²) in [5.41, 5.74) is 0.359. The molecule has 1 aliphatic rings. The molecule has 0 spiro atoms. The maximum absolute atomic E-state index is 9.43. The Morgan fingerprint density at radius 2 is 2.05 bits per heavy atom. The molecule has 2 rings (SSSR count). The molecule has 5 heteroatoms. The Hall–Kier alpha value is -1.20. The van der Waals surface area contributed by atoms with Crippen molar-refractivity contribution in [2.75, 3.05) is 7.11 Å². The smallest absolute Gasteiger partial charge is 0.492 e. The lowest BCUT2D eigenvalue weighted by atomic mass is 9.79. The van der Waals surface area contributed by atoms with Gasteiger partial charge in [-0.1, -0.05) is 13.3 Å².